The van der Waals surface area contributed by atoms with Crippen molar-refractivity contribution in [1.29, 1.82) is 0 Å². The van der Waals surface area contributed by atoms with Crippen LogP contribution in [0.4, 0.5) is 10.5 Å². The number of carbonyl (C=O) groups is 1. The van der Waals surface area contributed by atoms with Gasteiger partial charge in [0.05, 0.1) is 0 Å². The number of anilines is 1. The molecule has 0 spiro atoms. The van der Waals surface area contributed by atoms with Gasteiger partial charge in [-0.2, -0.15) is 0 Å². The minimum Gasteiger partial charge on any atom is -0.488 e. The van der Waals surface area contributed by atoms with Crippen molar-refractivity contribution in [2.45, 2.75) is 52.2 Å². The lowest BCUT2D eigenvalue weighted by atomic mass is 10.1. The van der Waals surface area contributed by atoms with Gasteiger partial charge in [0.25, 0.3) is 0 Å². The van der Waals surface area contributed by atoms with E-state index >= 15 is 0 Å². The van der Waals surface area contributed by atoms with Crippen LogP contribution in [0.3, 0.4) is 0 Å². The second kappa shape index (κ2) is 7.88. The van der Waals surface area contributed by atoms with Crippen molar-refractivity contribution in [3.05, 3.63) is 24.3 Å². The quantitative estimate of drug-likeness (QED) is 0.755. The number of amides is 2. The van der Waals surface area contributed by atoms with E-state index in [1.165, 1.54) is 0 Å². The van der Waals surface area contributed by atoms with Gasteiger partial charge in [-0.3, -0.25) is 0 Å². The molecule has 0 saturated heterocycles. The maximum absolute atomic E-state index is 11.8. The molecular weight excluding hydrogens is 268 g/mol. The third-order valence-corrected chi connectivity index (χ3v) is 2.84. The first-order valence-corrected chi connectivity index (χ1v) is 7.31. The van der Waals surface area contributed by atoms with E-state index in [9.17, 15) is 4.79 Å². The molecule has 1 aromatic carbocycles. The first kappa shape index (κ1) is 17.3. The first-order valence-electron chi connectivity index (χ1n) is 7.31. The molecular formula is C16H26N2O3. The molecule has 5 nitrogen and oxygen atoms in total. The van der Waals surface area contributed by atoms with Crippen molar-refractivity contribution in [3.63, 3.8) is 0 Å². The number of carbonyl (C=O) groups excluding carboxylic acids is 1. The Labute approximate surface area is 126 Å². The van der Waals surface area contributed by atoms with Crippen LogP contribution in [0.25, 0.3) is 0 Å². The zero-order chi connectivity index (χ0) is 15.9. The lowest BCUT2D eigenvalue weighted by molar-refractivity contribution is 0.131. The van der Waals surface area contributed by atoms with Crippen LogP contribution in [0.1, 0.15) is 40.5 Å². The normalized spacial score (nSPS) is 12.6. The molecule has 0 fully saturated rings. The van der Waals surface area contributed by atoms with Gasteiger partial charge in [0.15, 0.2) is 0 Å². The molecule has 0 aliphatic heterocycles. The smallest absolute Gasteiger partial charge is 0.319 e. The molecule has 0 aliphatic rings. The van der Waals surface area contributed by atoms with Crippen LogP contribution in [0.5, 0.6) is 5.75 Å². The van der Waals surface area contributed by atoms with E-state index in [0.717, 1.165) is 12.2 Å². The summed E-state index contributed by atoms with van der Waals surface area (Å²) in [5, 5.41) is 14.5. The number of nitrogens with one attached hydrogen (secondary N) is 2. The third kappa shape index (κ3) is 6.99. The van der Waals surface area contributed by atoms with Crippen molar-refractivity contribution >= 4 is 11.7 Å². The van der Waals surface area contributed by atoms with E-state index in [1.807, 2.05) is 39.8 Å². The van der Waals surface area contributed by atoms with E-state index in [1.54, 1.807) is 12.1 Å². The van der Waals surface area contributed by atoms with Crippen molar-refractivity contribution in [3.8, 4) is 5.75 Å². The Hall–Kier alpha value is -1.75. The van der Waals surface area contributed by atoms with Crippen LogP contribution in [-0.4, -0.2) is 29.4 Å². The number of aliphatic hydroxyl groups excluding tert-OH is 1. The number of hydrogen-bond donors (Lipinski definition) is 3. The second-order valence-corrected chi connectivity index (χ2v) is 5.95. The number of benzene rings is 1. The molecule has 0 aromatic heterocycles. The van der Waals surface area contributed by atoms with E-state index in [4.69, 9.17) is 9.84 Å². The predicted molar refractivity (Wildman–Crippen MR) is 84.8 cm³/mol. The number of hydrogen-bond acceptors (Lipinski definition) is 3. The number of ether oxygens (including phenoxy) is 1. The Bertz CT molecular complexity index is 438. The summed E-state index contributed by atoms with van der Waals surface area (Å²) in [6.45, 7) is 7.99. The van der Waals surface area contributed by atoms with E-state index < -0.39 is 0 Å². The van der Waals surface area contributed by atoms with Crippen LogP contribution in [0.2, 0.25) is 0 Å². The molecule has 0 bridgehead atoms. The van der Waals surface area contributed by atoms with E-state index in [2.05, 4.69) is 10.6 Å². The maximum atomic E-state index is 11.8. The lowest BCUT2D eigenvalue weighted by Gasteiger charge is -2.21. The van der Waals surface area contributed by atoms with Gasteiger partial charge in [0.1, 0.15) is 11.4 Å². The summed E-state index contributed by atoms with van der Waals surface area (Å²) in [6, 6.07) is 6.97. The molecule has 0 radical (unpaired) electrons. The fourth-order valence-corrected chi connectivity index (χ4v) is 1.85. The maximum Gasteiger partial charge on any atom is 0.319 e. The predicted octanol–water partition coefficient (Wildman–Crippen LogP) is 3.15. The summed E-state index contributed by atoms with van der Waals surface area (Å²) in [7, 11) is 0. The van der Waals surface area contributed by atoms with Gasteiger partial charge in [-0.25, -0.2) is 4.79 Å². The van der Waals surface area contributed by atoms with Gasteiger partial charge in [0, 0.05) is 18.3 Å². The molecule has 118 valence electrons. The molecule has 3 N–H and O–H groups in total. The minimum absolute atomic E-state index is 0.0153. The molecule has 1 unspecified atom stereocenters. The molecule has 1 rings (SSSR count). The molecule has 21 heavy (non-hydrogen) atoms. The Balaban J connectivity index is 2.53. The number of urea groups is 1. The molecule has 0 heterocycles. The molecule has 1 aromatic rings. The first-order chi connectivity index (χ1) is 9.84. The largest absolute Gasteiger partial charge is 0.488 e. The molecule has 5 heteroatoms. The summed E-state index contributed by atoms with van der Waals surface area (Å²) >= 11 is 0. The van der Waals surface area contributed by atoms with Crippen LogP contribution in [0.15, 0.2) is 24.3 Å². The average molecular weight is 294 g/mol. The van der Waals surface area contributed by atoms with E-state index in [0.29, 0.717) is 12.1 Å². The van der Waals surface area contributed by atoms with Gasteiger partial charge < -0.3 is 20.5 Å². The Kier molecular flexibility index (Phi) is 6.49. The topological polar surface area (TPSA) is 70.6 Å². The Morgan fingerprint density at radius 1 is 1.29 bits per heavy atom. The average Bonchev–Trinajstić information content (AvgIpc) is 2.39. The highest BCUT2D eigenvalue weighted by Gasteiger charge is 2.12. The van der Waals surface area contributed by atoms with Crippen molar-refractivity contribution < 1.29 is 14.6 Å². The van der Waals surface area contributed by atoms with Crippen molar-refractivity contribution in [2.24, 2.45) is 0 Å². The molecule has 1 atom stereocenters. The SMILES string of the molecule is CCC(CCO)NC(=O)Nc1ccc(OC(C)(C)C)cc1. The number of aliphatic hydroxyl groups is 1. The van der Waals surface area contributed by atoms with Crippen LogP contribution in [-0.2, 0) is 0 Å². The van der Waals surface area contributed by atoms with E-state index in [-0.39, 0.29) is 24.3 Å². The lowest BCUT2D eigenvalue weighted by Crippen LogP contribution is -2.38. The van der Waals surface area contributed by atoms with Crippen LogP contribution >= 0.6 is 0 Å². The van der Waals surface area contributed by atoms with Gasteiger partial charge in [-0.15, -0.1) is 0 Å². The van der Waals surface area contributed by atoms with Crippen LogP contribution in [0, 0.1) is 0 Å². The number of rotatable bonds is 6. The second-order valence-electron chi connectivity index (χ2n) is 5.95. The van der Waals surface area contributed by atoms with Gasteiger partial charge in [-0.1, -0.05) is 6.92 Å². The molecule has 0 aliphatic carbocycles. The Morgan fingerprint density at radius 3 is 2.38 bits per heavy atom. The van der Waals surface area contributed by atoms with Crippen molar-refractivity contribution in [2.75, 3.05) is 11.9 Å². The van der Waals surface area contributed by atoms with Crippen molar-refractivity contribution in [1.82, 2.24) is 5.32 Å². The fourth-order valence-electron chi connectivity index (χ4n) is 1.85. The highest BCUT2D eigenvalue weighted by molar-refractivity contribution is 5.89. The molecule has 0 saturated carbocycles. The summed E-state index contributed by atoms with van der Waals surface area (Å²) in [5.41, 5.74) is 0.456. The van der Waals surface area contributed by atoms with Gasteiger partial charge in [-0.05, 0) is 57.9 Å². The minimum atomic E-state index is -0.264. The summed E-state index contributed by atoms with van der Waals surface area (Å²) in [5.74, 6) is 0.764. The van der Waals surface area contributed by atoms with Gasteiger partial charge in [0.2, 0.25) is 0 Å². The third-order valence-electron chi connectivity index (χ3n) is 2.84. The zero-order valence-electron chi connectivity index (χ0n) is 13.3. The standard InChI is InChI=1S/C16H26N2O3/c1-5-12(10-11-19)17-15(20)18-13-6-8-14(9-7-13)21-16(2,3)4/h6-9,12,19H,5,10-11H2,1-4H3,(H2,17,18,20). The summed E-state index contributed by atoms with van der Waals surface area (Å²) in [6.07, 6.45) is 1.34. The fraction of sp³-hybridized carbons (Fsp3) is 0.562. The zero-order valence-corrected chi connectivity index (χ0v) is 13.3. The highest BCUT2D eigenvalue weighted by atomic mass is 16.5. The Morgan fingerprint density at radius 2 is 1.90 bits per heavy atom. The van der Waals surface area contributed by atoms with Crippen LogP contribution < -0.4 is 15.4 Å². The highest BCUT2D eigenvalue weighted by Crippen LogP contribution is 2.20. The monoisotopic (exact) mass is 294 g/mol. The molecule has 2 amide bonds. The summed E-state index contributed by atoms with van der Waals surface area (Å²) < 4.78 is 5.72. The van der Waals surface area contributed by atoms with Gasteiger partial charge >= 0.3 is 6.03 Å². The summed E-state index contributed by atoms with van der Waals surface area (Å²) in [4.78, 5) is 11.8.